The zero-order valence-electron chi connectivity index (χ0n) is 13.2. The van der Waals surface area contributed by atoms with E-state index in [-0.39, 0.29) is 17.6 Å². The van der Waals surface area contributed by atoms with E-state index in [2.05, 4.69) is 15.2 Å². The number of carbonyl (C=O) groups is 2. The highest BCUT2D eigenvalue weighted by molar-refractivity contribution is 7.99. The second-order valence-electron chi connectivity index (χ2n) is 5.29. The van der Waals surface area contributed by atoms with Crippen LogP contribution in [0.5, 0.6) is 0 Å². The first-order valence-electron chi connectivity index (χ1n) is 7.53. The van der Waals surface area contributed by atoms with Crippen molar-refractivity contribution >= 4 is 23.6 Å². The molecule has 0 atom stereocenters. The van der Waals surface area contributed by atoms with Crippen LogP contribution in [0.2, 0.25) is 0 Å². The summed E-state index contributed by atoms with van der Waals surface area (Å²) < 4.78 is 5.53. The van der Waals surface area contributed by atoms with Crippen molar-refractivity contribution in [2.45, 2.75) is 12.1 Å². The summed E-state index contributed by atoms with van der Waals surface area (Å²) in [5, 5.41) is 8.25. The van der Waals surface area contributed by atoms with Crippen LogP contribution >= 0.6 is 11.8 Å². The molecule has 126 valence electrons. The Morgan fingerprint density at radius 2 is 1.96 bits per heavy atom. The smallest absolute Gasteiger partial charge is 0.277 e. The van der Waals surface area contributed by atoms with Gasteiger partial charge >= 0.3 is 0 Å². The van der Waals surface area contributed by atoms with Crippen molar-refractivity contribution in [1.82, 2.24) is 25.0 Å². The number of piperazine rings is 1. The summed E-state index contributed by atoms with van der Waals surface area (Å²) in [4.78, 5) is 31.0. The molecule has 2 aromatic heterocycles. The number of rotatable bonds is 4. The third-order valence-corrected chi connectivity index (χ3v) is 4.51. The van der Waals surface area contributed by atoms with Gasteiger partial charge in [0.1, 0.15) is 0 Å². The molecule has 0 bridgehead atoms. The van der Waals surface area contributed by atoms with Crippen LogP contribution in [0.3, 0.4) is 0 Å². The second-order valence-corrected chi connectivity index (χ2v) is 6.22. The van der Waals surface area contributed by atoms with Gasteiger partial charge in [-0.15, -0.1) is 10.2 Å². The van der Waals surface area contributed by atoms with Gasteiger partial charge in [-0.25, -0.2) is 0 Å². The SMILES string of the molecule is CC(=O)N1CCN(C(=O)CSc2nnc(-c3cccnc3)o2)CC1. The molecule has 24 heavy (non-hydrogen) atoms. The van der Waals surface area contributed by atoms with E-state index in [1.807, 2.05) is 6.07 Å². The van der Waals surface area contributed by atoms with E-state index in [0.29, 0.717) is 37.3 Å². The molecule has 0 spiro atoms. The number of hydrogen-bond acceptors (Lipinski definition) is 7. The summed E-state index contributed by atoms with van der Waals surface area (Å²) in [6, 6.07) is 3.62. The van der Waals surface area contributed by atoms with Crippen LogP contribution < -0.4 is 0 Å². The Morgan fingerprint density at radius 1 is 1.21 bits per heavy atom. The van der Waals surface area contributed by atoms with Gasteiger partial charge in [0, 0.05) is 45.5 Å². The summed E-state index contributed by atoms with van der Waals surface area (Å²) in [7, 11) is 0. The molecule has 0 aromatic carbocycles. The van der Waals surface area contributed by atoms with Gasteiger partial charge in [-0.05, 0) is 12.1 Å². The van der Waals surface area contributed by atoms with Crippen molar-refractivity contribution in [1.29, 1.82) is 0 Å². The number of carbonyl (C=O) groups excluding carboxylic acids is 2. The lowest BCUT2D eigenvalue weighted by molar-refractivity contribution is -0.136. The van der Waals surface area contributed by atoms with Crippen LogP contribution in [-0.2, 0) is 9.59 Å². The van der Waals surface area contributed by atoms with Crippen molar-refractivity contribution < 1.29 is 14.0 Å². The first-order chi connectivity index (χ1) is 11.6. The molecule has 1 aliphatic rings. The molecule has 0 unspecified atom stereocenters. The minimum absolute atomic E-state index is 0.00401. The molecule has 3 heterocycles. The summed E-state index contributed by atoms with van der Waals surface area (Å²) in [5.74, 6) is 0.664. The van der Waals surface area contributed by atoms with Crippen molar-refractivity contribution in [3.05, 3.63) is 24.5 Å². The Hall–Kier alpha value is -2.42. The van der Waals surface area contributed by atoms with E-state index in [1.165, 1.54) is 11.8 Å². The van der Waals surface area contributed by atoms with E-state index in [9.17, 15) is 9.59 Å². The fourth-order valence-electron chi connectivity index (χ4n) is 2.36. The molecule has 9 heteroatoms. The number of amides is 2. The number of hydrogen-bond donors (Lipinski definition) is 0. The van der Waals surface area contributed by atoms with Gasteiger partial charge in [0.05, 0.1) is 11.3 Å². The van der Waals surface area contributed by atoms with Crippen LogP contribution in [0, 0.1) is 0 Å². The van der Waals surface area contributed by atoms with Gasteiger partial charge < -0.3 is 14.2 Å². The summed E-state index contributed by atoms with van der Waals surface area (Å²) in [6.07, 6.45) is 3.31. The van der Waals surface area contributed by atoms with Gasteiger partial charge in [0.15, 0.2) is 0 Å². The first kappa shape index (κ1) is 16.4. The molecule has 2 aromatic rings. The molecular weight excluding hydrogens is 330 g/mol. The lowest BCUT2D eigenvalue weighted by atomic mass is 10.3. The van der Waals surface area contributed by atoms with Crippen molar-refractivity contribution in [2.24, 2.45) is 0 Å². The van der Waals surface area contributed by atoms with Crippen molar-refractivity contribution in [3.8, 4) is 11.5 Å². The maximum atomic E-state index is 12.2. The maximum Gasteiger partial charge on any atom is 0.277 e. The Labute approximate surface area is 143 Å². The minimum atomic E-state index is 0.00401. The standard InChI is InChI=1S/C15H17N5O3S/c1-11(21)19-5-7-20(8-6-19)13(22)10-24-15-18-17-14(23-15)12-3-2-4-16-9-12/h2-4,9H,5-8,10H2,1H3. The molecule has 0 N–H and O–H groups in total. The predicted molar refractivity (Wildman–Crippen MR) is 87.1 cm³/mol. The number of aromatic nitrogens is 3. The fraction of sp³-hybridized carbons (Fsp3) is 0.400. The van der Waals surface area contributed by atoms with Crippen LogP contribution in [-0.4, -0.2) is 68.7 Å². The second kappa shape index (κ2) is 7.43. The molecule has 1 aliphatic heterocycles. The molecule has 0 saturated carbocycles. The van der Waals surface area contributed by atoms with E-state index in [4.69, 9.17) is 4.42 Å². The average molecular weight is 347 g/mol. The highest BCUT2D eigenvalue weighted by Crippen LogP contribution is 2.22. The number of thioether (sulfide) groups is 1. The van der Waals surface area contributed by atoms with Gasteiger partial charge in [0.25, 0.3) is 5.22 Å². The summed E-state index contributed by atoms with van der Waals surface area (Å²) >= 11 is 1.21. The lowest BCUT2D eigenvalue weighted by Crippen LogP contribution is -2.50. The van der Waals surface area contributed by atoms with Gasteiger partial charge in [-0.3, -0.25) is 14.6 Å². The number of nitrogens with zero attached hydrogens (tertiary/aromatic N) is 5. The van der Waals surface area contributed by atoms with Gasteiger partial charge in [-0.2, -0.15) is 0 Å². The molecule has 0 aliphatic carbocycles. The fourth-order valence-corrected chi connectivity index (χ4v) is 3.03. The molecule has 0 radical (unpaired) electrons. The zero-order valence-corrected chi connectivity index (χ0v) is 14.0. The van der Waals surface area contributed by atoms with E-state index < -0.39 is 0 Å². The largest absolute Gasteiger partial charge is 0.411 e. The molecule has 2 amide bonds. The summed E-state index contributed by atoms with van der Waals surface area (Å²) in [6.45, 7) is 3.82. The van der Waals surface area contributed by atoms with Crippen LogP contribution in [0.15, 0.2) is 34.2 Å². The predicted octanol–water partition coefficient (Wildman–Crippen LogP) is 0.914. The monoisotopic (exact) mass is 347 g/mol. The van der Waals surface area contributed by atoms with Crippen LogP contribution in [0.25, 0.3) is 11.5 Å². The zero-order chi connectivity index (χ0) is 16.9. The highest BCUT2D eigenvalue weighted by Gasteiger charge is 2.22. The summed E-state index contributed by atoms with van der Waals surface area (Å²) in [5.41, 5.74) is 0.739. The molecule has 1 fully saturated rings. The molecule has 3 rings (SSSR count). The normalized spacial score (nSPS) is 14.7. The van der Waals surface area contributed by atoms with Crippen molar-refractivity contribution in [2.75, 3.05) is 31.9 Å². The Kier molecular flexibility index (Phi) is 5.09. The molecular formula is C15H17N5O3S. The average Bonchev–Trinajstić information content (AvgIpc) is 3.09. The number of pyridine rings is 1. The highest BCUT2D eigenvalue weighted by atomic mass is 32.2. The minimum Gasteiger partial charge on any atom is -0.411 e. The van der Waals surface area contributed by atoms with E-state index in [1.54, 1.807) is 35.2 Å². The maximum absolute atomic E-state index is 12.2. The third kappa shape index (κ3) is 3.91. The van der Waals surface area contributed by atoms with Gasteiger partial charge in [-0.1, -0.05) is 11.8 Å². The van der Waals surface area contributed by atoms with Gasteiger partial charge in [0.2, 0.25) is 17.7 Å². The Bertz CT molecular complexity index is 713. The van der Waals surface area contributed by atoms with Crippen LogP contribution in [0.4, 0.5) is 0 Å². The van der Waals surface area contributed by atoms with E-state index >= 15 is 0 Å². The first-order valence-corrected chi connectivity index (χ1v) is 8.52. The lowest BCUT2D eigenvalue weighted by Gasteiger charge is -2.34. The third-order valence-electron chi connectivity index (χ3n) is 3.71. The molecule has 8 nitrogen and oxygen atoms in total. The Balaban J connectivity index is 1.50. The molecule has 1 saturated heterocycles. The Morgan fingerprint density at radius 3 is 2.62 bits per heavy atom. The van der Waals surface area contributed by atoms with E-state index in [0.717, 1.165) is 5.56 Å². The quantitative estimate of drug-likeness (QED) is 0.759. The topological polar surface area (TPSA) is 92.4 Å². The van der Waals surface area contributed by atoms with Crippen molar-refractivity contribution in [3.63, 3.8) is 0 Å². The van der Waals surface area contributed by atoms with Crippen LogP contribution in [0.1, 0.15) is 6.92 Å².